The summed E-state index contributed by atoms with van der Waals surface area (Å²) >= 11 is 1.57. The first-order chi connectivity index (χ1) is 10.0. The molecule has 0 aromatic carbocycles. The van der Waals surface area contributed by atoms with Crippen LogP contribution < -0.4 is 10.6 Å². The minimum absolute atomic E-state index is 0.0140. The summed E-state index contributed by atoms with van der Waals surface area (Å²) in [6.45, 7) is 8.41. The Morgan fingerprint density at radius 1 is 1.48 bits per heavy atom. The van der Waals surface area contributed by atoms with E-state index in [2.05, 4.69) is 11.8 Å². The molecular weight excluding hydrogens is 284 g/mol. The molecule has 1 saturated carbocycles. The van der Waals surface area contributed by atoms with Gasteiger partial charge in [0.1, 0.15) is 0 Å². The van der Waals surface area contributed by atoms with Crippen LogP contribution in [-0.4, -0.2) is 32.6 Å². The molecule has 1 aromatic rings. The monoisotopic (exact) mass is 310 g/mol. The molecule has 118 valence electrons. The molecule has 1 heterocycles. The molecule has 1 aromatic heterocycles. The van der Waals surface area contributed by atoms with Gasteiger partial charge >= 0.3 is 0 Å². The largest absolute Gasteiger partial charge is 0.397 e. The fourth-order valence-corrected chi connectivity index (χ4v) is 3.98. The van der Waals surface area contributed by atoms with Crippen molar-refractivity contribution in [2.45, 2.75) is 39.5 Å². The molecule has 0 spiro atoms. The van der Waals surface area contributed by atoms with Crippen molar-refractivity contribution in [1.82, 2.24) is 0 Å². The summed E-state index contributed by atoms with van der Waals surface area (Å²) in [4.78, 5) is 15.4. The van der Waals surface area contributed by atoms with Gasteiger partial charge in [0.15, 0.2) is 5.78 Å². The summed E-state index contributed by atoms with van der Waals surface area (Å²) in [7, 11) is 1.71. The van der Waals surface area contributed by atoms with Gasteiger partial charge in [0.25, 0.3) is 0 Å². The molecule has 0 bridgehead atoms. The molecule has 1 aliphatic carbocycles. The lowest BCUT2D eigenvalue weighted by atomic mass is 10.0. The first-order valence-electron chi connectivity index (χ1n) is 7.71. The smallest absolute Gasteiger partial charge is 0.177 e. The lowest BCUT2D eigenvalue weighted by Gasteiger charge is -2.22. The Morgan fingerprint density at radius 3 is 2.62 bits per heavy atom. The summed E-state index contributed by atoms with van der Waals surface area (Å²) in [6, 6.07) is 0. The van der Waals surface area contributed by atoms with E-state index in [9.17, 15) is 4.79 Å². The Labute approximate surface area is 131 Å². The van der Waals surface area contributed by atoms with Crippen LogP contribution in [0.25, 0.3) is 0 Å². The van der Waals surface area contributed by atoms with Crippen LogP contribution >= 0.6 is 11.3 Å². The van der Waals surface area contributed by atoms with Gasteiger partial charge in [-0.15, -0.1) is 11.3 Å². The zero-order valence-corrected chi connectivity index (χ0v) is 14.3. The molecule has 0 saturated heterocycles. The number of likely N-dealkylation sites (N-methyl/N-ethyl adjacent to an activating group) is 1. The number of ether oxygens (including phenoxy) is 1. The molecule has 0 atom stereocenters. The van der Waals surface area contributed by atoms with Crippen molar-refractivity contribution in [3.05, 3.63) is 10.4 Å². The second kappa shape index (κ2) is 6.79. The number of hydrogen-bond donors (Lipinski definition) is 1. The lowest BCUT2D eigenvalue weighted by Crippen LogP contribution is -2.26. The van der Waals surface area contributed by atoms with Crippen LogP contribution in [0.1, 0.15) is 54.8 Å². The van der Waals surface area contributed by atoms with Crippen LogP contribution in [0.2, 0.25) is 0 Å². The van der Waals surface area contributed by atoms with Gasteiger partial charge in [0.05, 0.1) is 22.2 Å². The number of methoxy groups -OCH3 is 1. The topological polar surface area (TPSA) is 55.6 Å². The molecule has 0 amide bonds. The average molecular weight is 310 g/mol. The Kier molecular flexibility index (Phi) is 5.27. The van der Waals surface area contributed by atoms with Crippen molar-refractivity contribution in [3.63, 3.8) is 0 Å². The van der Waals surface area contributed by atoms with Gasteiger partial charge < -0.3 is 15.4 Å². The maximum Gasteiger partial charge on any atom is 0.177 e. The second-order valence-corrected chi connectivity index (χ2v) is 6.93. The van der Waals surface area contributed by atoms with Crippen molar-refractivity contribution < 1.29 is 9.53 Å². The maximum atomic E-state index is 12.4. The van der Waals surface area contributed by atoms with Crippen molar-refractivity contribution in [3.8, 4) is 0 Å². The number of anilines is 2. The van der Waals surface area contributed by atoms with E-state index in [1.54, 1.807) is 18.4 Å². The third-order valence-corrected chi connectivity index (χ3v) is 5.23. The predicted molar refractivity (Wildman–Crippen MR) is 89.6 cm³/mol. The van der Waals surface area contributed by atoms with Gasteiger partial charge in [-0.05, 0) is 25.7 Å². The Balaban J connectivity index is 2.39. The molecule has 0 unspecified atom stereocenters. The molecule has 2 rings (SSSR count). The van der Waals surface area contributed by atoms with E-state index in [0.29, 0.717) is 12.5 Å². The van der Waals surface area contributed by atoms with Gasteiger partial charge in [-0.25, -0.2) is 0 Å². The SMILES string of the molecule is CCN(CCOC)c1sc(C(=O)C(C)C)c(N)c1C1CC1. The lowest BCUT2D eigenvalue weighted by molar-refractivity contribution is 0.0944. The summed E-state index contributed by atoms with van der Waals surface area (Å²) in [5.74, 6) is 0.690. The highest BCUT2D eigenvalue weighted by Crippen LogP contribution is 2.52. The maximum absolute atomic E-state index is 12.4. The number of carbonyl (C=O) groups is 1. The molecule has 2 N–H and O–H groups in total. The van der Waals surface area contributed by atoms with Gasteiger partial charge in [-0.3, -0.25) is 4.79 Å². The second-order valence-electron chi connectivity index (χ2n) is 5.93. The van der Waals surface area contributed by atoms with E-state index in [1.807, 2.05) is 13.8 Å². The van der Waals surface area contributed by atoms with Crippen molar-refractivity contribution in [1.29, 1.82) is 0 Å². The Morgan fingerprint density at radius 2 is 2.14 bits per heavy atom. The molecule has 0 aliphatic heterocycles. The van der Waals surface area contributed by atoms with Crippen LogP contribution in [0.5, 0.6) is 0 Å². The number of Topliss-reactive ketones (excluding diaryl/α,β-unsaturated/α-hetero) is 1. The third kappa shape index (κ3) is 3.40. The highest BCUT2D eigenvalue weighted by Gasteiger charge is 2.34. The zero-order chi connectivity index (χ0) is 15.6. The van der Waals surface area contributed by atoms with Crippen LogP contribution in [0.3, 0.4) is 0 Å². The molecule has 5 heteroatoms. The van der Waals surface area contributed by atoms with Crippen LogP contribution in [0.4, 0.5) is 10.7 Å². The molecule has 21 heavy (non-hydrogen) atoms. The highest BCUT2D eigenvalue weighted by molar-refractivity contribution is 7.19. The van der Waals surface area contributed by atoms with E-state index >= 15 is 0 Å². The molecular formula is C16H26N2O2S. The predicted octanol–water partition coefficient (Wildman–Crippen LogP) is 3.52. The van der Waals surface area contributed by atoms with E-state index in [4.69, 9.17) is 10.5 Å². The standard InChI is InChI=1S/C16H26N2O2S/c1-5-18(8-9-20-4)16-12(11-6-7-11)13(17)15(21-16)14(19)10(2)3/h10-11H,5-9,17H2,1-4H3. The van der Waals surface area contributed by atoms with Gasteiger partial charge in [0, 0.05) is 31.7 Å². The molecule has 1 fully saturated rings. The van der Waals surface area contributed by atoms with Crippen LogP contribution in [-0.2, 0) is 4.74 Å². The fourth-order valence-electron chi connectivity index (χ4n) is 2.50. The molecule has 4 nitrogen and oxygen atoms in total. The summed E-state index contributed by atoms with van der Waals surface area (Å²) in [5.41, 5.74) is 8.28. The first-order valence-corrected chi connectivity index (χ1v) is 8.53. The van der Waals surface area contributed by atoms with Crippen molar-refractivity contribution in [2.24, 2.45) is 5.92 Å². The quantitative estimate of drug-likeness (QED) is 0.746. The van der Waals surface area contributed by atoms with E-state index in [-0.39, 0.29) is 11.7 Å². The van der Waals surface area contributed by atoms with Gasteiger partial charge in [-0.2, -0.15) is 0 Å². The first kappa shape index (κ1) is 16.3. The number of ketones is 1. The van der Waals surface area contributed by atoms with Gasteiger partial charge in [0.2, 0.25) is 0 Å². The van der Waals surface area contributed by atoms with E-state index < -0.39 is 0 Å². The number of rotatable bonds is 8. The average Bonchev–Trinajstić information content (AvgIpc) is 3.23. The summed E-state index contributed by atoms with van der Waals surface area (Å²) in [6.07, 6.45) is 2.37. The van der Waals surface area contributed by atoms with E-state index in [0.717, 1.165) is 23.7 Å². The number of nitrogens with two attached hydrogens (primary N) is 1. The molecule has 0 radical (unpaired) electrons. The fraction of sp³-hybridized carbons (Fsp3) is 0.688. The Bertz CT molecular complexity index is 507. The number of hydrogen-bond acceptors (Lipinski definition) is 5. The van der Waals surface area contributed by atoms with Crippen LogP contribution in [0.15, 0.2) is 0 Å². The van der Waals surface area contributed by atoms with Crippen molar-refractivity contribution >= 4 is 27.8 Å². The number of nitrogen functional groups attached to an aromatic ring is 1. The van der Waals surface area contributed by atoms with Crippen molar-refractivity contribution in [2.75, 3.05) is 37.4 Å². The highest BCUT2D eigenvalue weighted by atomic mass is 32.1. The number of carbonyl (C=O) groups excluding carboxylic acids is 1. The normalized spacial score (nSPS) is 14.7. The molecule has 1 aliphatic rings. The number of thiophene rings is 1. The number of nitrogens with zero attached hydrogens (tertiary/aromatic N) is 1. The van der Waals surface area contributed by atoms with Crippen LogP contribution in [0, 0.1) is 5.92 Å². The summed E-state index contributed by atoms with van der Waals surface area (Å²) in [5, 5.41) is 1.18. The summed E-state index contributed by atoms with van der Waals surface area (Å²) < 4.78 is 5.20. The minimum Gasteiger partial charge on any atom is -0.397 e. The van der Waals surface area contributed by atoms with E-state index in [1.165, 1.54) is 23.4 Å². The third-order valence-electron chi connectivity index (χ3n) is 3.93. The minimum atomic E-state index is -0.0140. The zero-order valence-electron chi connectivity index (χ0n) is 13.4. The van der Waals surface area contributed by atoms with Gasteiger partial charge in [-0.1, -0.05) is 13.8 Å². The Hall–Kier alpha value is -1.07.